The van der Waals surface area contributed by atoms with E-state index in [1.807, 2.05) is 0 Å². The molecule has 8 heteroatoms. The van der Waals surface area contributed by atoms with E-state index >= 15 is 0 Å². The number of alkyl halides is 3. The van der Waals surface area contributed by atoms with E-state index in [-0.39, 0.29) is 5.69 Å². The van der Waals surface area contributed by atoms with E-state index in [9.17, 15) is 22.8 Å². The predicted molar refractivity (Wildman–Crippen MR) is 49.2 cm³/mol. The fourth-order valence-corrected chi connectivity index (χ4v) is 1.16. The van der Waals surface area contributed by atoms with Crippen molar-refractivity contribution in [3.8, 4) is 0 Å². The summed E-state index contributed by atoms with van der Waals surface area (Å²) in [5.41, 5.74) is -1.46. The zero-order chi connectivity index (χ0) is 13.2. The Morgan fingerprint density at radius 1 is 1.47 bits per heavy atom. The average molecular weight is 250 g/mol. The van der Waals surface area contributed by atoms with Crippen molar-refractivity contribution in [2.24, 2.45) is 7.05 Å². The maximum Gasteiger partial charge on any atom is 0.435 e. The number of ether oxygens (including phenoxy) is 1. The summed E-state index contributed by atoms with van der Waals surface area (Å²) in [6, 6.07) is 0.602. The van der Waals surface area contributed by atoms with Crippen molar-refractivity contribution in [3.63, 3.8) is 0 Å². The number of hydrogen-bond donors (Lipinski definition) is 0. The Hall–Kier alpha value is -1.86. The van der Waals surface area contributed by atoms with E-state index < -0.39 is 30.0 Å². The van der Waals surface area contributed by atoms with Crippen molar-refractivity contribution in [2.75, 3.05) is 7.11 Å². The molecule has 0 unspecified atom stereocenters. The molecule has 1 aromatic heterocycles. The van der Waals surface area contributed by atoms with Gasteiger partial charge in [-0.05, 0) is 6.07 Å². The van der Waals surface area contributed by atoms with E-state index in [0.717, 1.165) is 11.8 Å². The van der Waals surface area contributed by atoms with Crippen molar-refractivity contribution in [1.29, 1.82) is 0 Å². The van der Waals surface area contributed by atoms with E-state index in [0.29, 0.717) is 6.07 Å². The van der Waals surface area contributed by atoms with Gasteiger partial charge in [-0.2, -0.15) is 18.3 Å². The van der Waals surface area contributed by atoms with Crippen molar-refractivity contribution < 1.29 is 27.5 Å². The fraction of sp³-hybridized carbons (Fsp3) is 0.444. The Morgan fingerprint density at radius 3 is 2.47 bits per heavy atom. The maximum atomic E-state index is 12.3. The Balaban J connectivity index is 2.96. The first-order valence-electron chi connectivity index (χ1n) is 4.47. The SMILES string of the molecule is COC(=O)CC(=O)c1cc(C(F)(F)F)nn1C. The molecule has 17 heavy (non-hydrogen) atoms. The number of ketones is 1. The predicted octanol–water partition coefficient (Wildman–Crippen LogP) is 1.18. The van der Waals surface area contributed by atoms with Gasteiger partial charge in [-0.15, -0.1) is 0 Å². The van der Waals surface area contributed by atoms with Gasteiger partial charge in [0.1, 0.15) is 12.1 Å². The summed E-state index contributed by atoms with van der Waals surface area (Å²) in [7, 11) is 2.28. The molecule has 0 bridgehead atoms. The second-order valence-corrected chi connectivity index (χ2v) is 3.21. The normalized spacial score (nSPS) is 11.4. The highest BCUT2D eigenvalue weighted by atomic mass is 19.4. The summed E-state index contributed by atoms with van der Waals surface area (Å²) in [5.74, 6) is -1.59. The summed E-state index contributed by atoms with van der Waals surface area (Å²) in [6.07, 6.45) is -5.24. The Labute approximate surface area is 94.2 Å². The molecule has 0 atom stereocenters. The van der Waals surface area contributed by atoms with E-state index in [4.69, 9.17) is 0 Å². The number of carbonyl (C=O) groups is 2. The molecule has 0 aliphatic rings. The number of aryl methyl sites for hydroxylation is 1. The molecule has 0 aliphatic heterocycles. The molecule has 94 valence electrons. The molecule has 0 aromatic carbocycles. The summed E-state index contributed by atoms with van der Waals surface area (Å²) >= 11 is 0. The second-order valence-electron chi connectivity index (χ2n) is 3.21. The molecule has 0 saturated carbocycles. The Morgan fingerprint density at radius 2 is 2.06 bits per heavy atom. The summed E-state index contributed by atoms with van der Waals surface area (Å²) in [4.78, 5) is 22.3. The molecular weight excluding hydrogens is 241 g/mol. The van der Waals surface area contributed by atoms with Gasteiger partial charge in [0.05, 0.1) is 7.11 Å². The van der Waals surface area contributed by atoms with Crippen molar-refractivity contribution in [1.82, 2.24) is 9.78 Å². The smallest absolute Gasteiger partial charge is 0.435 e. The zero-order valence-corrected chi connectivity index (χ0v) is 9.04. The molecule has 1 heterocycles. The molecule has 1 rings (SSSR count). The quantitative estimate of drug-likeness (QED) is 0.459. The molecule has 0 aliphatic carbocycles. The number of aromatic nitrogens is 2. The average Bonchev–Trinajstić information content (AvgIpc) is 2.59. The van der Waals surface area contributed by atoms with E-state index in [2.05, 4.69) is 9.84 Å². The van der Waals surface area contributed by atoms with Crippen LogP contribution in [-0.4, -0.2) is 28.6 Å². The minimum atomic E-state index is -4.62. The molecule has 5 nitrogen and oxygen atoms in total. The second kappa shape index (κ2) is 4.56. The topological polar surface area (TPSA) is 61.2 Å². The number of methoxy groups -OCH3 is 1. The first-order valence-corrected chi connectivity index (χ1v) is 4.47. The lowest BCUT2D eigenvalue weighted by Crippen LogP contribution is -2.13. The Bertz CT molecular complexity index is 451. The highest BCUT2D eigenvalue weighted by Crippen LogP contribution is 2.28. The molecule has 0 radical (unpaired) electrons. The van der Waals surface area contributed by atoms with Gasteiger partial charge in [0.25, 0.3) is 0 Å². The van der Waals surface area contributed by atoms with Crippen LogP contribution in [-0.2, 0) is 22.8 Å². The van der Waals surface area contributed by atoms with Gasteiger partial charge >= 0.3 is 12.1 Å². The number of esters is 1. The number of nitrogens with zero attached hydrogens (tertiary/aromatic N) is 2. The molecular formula is C9H9F3N2O3. The fourth-order valence-electron chi connectivity index (χ4n) is 1.16. The Kier molecular flexibility index (Phi) is 3.54. The first kappa shape index (κ1) is 13.2. The lowest BCUT2D eigenvalue weighted by Gasteiger charge is -1.99. The summed E-state index contributed by atoms with van der Waals surface area (Å²) < 4.78 is 41.9. The van der Waals surface area contributed by atoms with Gasteiger partial charge in [0.2, 0.25) is 0 Å². The van der Waals surface area contributed by atoms with Crippen LogP contribution in [0.1, 0.15) is 22.6 Å². The molecule has 1 aromatic rings. The monoisotopic (exact) mass is 250 g/mol. The standard InChI is InChI=1S/C9H9F3N2O3/c1-14-5(6(15)4-8(16)17-2)3-7(13-14)9(10,11)12/h3H,4H2,1-2H3. The summed E-state index contributed by atoms with van der Waals surface area (Å²) in [5, 5.41) is 3.15. The molecule has 0 saturated heterocycles. The first-order chi connectivity index (χ1) is 7.75. The van der Waals surface area contributed by atoms with Crippen LogP contribution in [0.2, 0.25) is 0 Å². The minimum absolute atomic E-state index is 0.289. The highest BCUT2D eigenvalue weighted by molar-refractivity contribution is 6.04. The van der Waals surface area contributed by atoms with Gasteiger partial charge in [-0.1, -0.05) is 0 Å². The van der Waals surface area contributed by atoms with Crippen molar-refractivity contribution in [2.45, 2.75) is 12.6 Å². The van der Waals surface area contributed by atoms with Crippen LogP contribution in [0.3, 0.4) is 0 Å². The molecule has 0 fully saturated rings. The third-order valence-electron chi connectivity index (χ3n) is 1.99. The van der Waals surface area contributed by atoms with Crippen LogP contribution in [0.25, 0.3) is 0 Å². The maximum absolute atomic E-state index is 12.3. The van der Waals surface area contributed by atoms with Crippen LogP contribution in [0.15, 0.2) is 6.07 Å². The van der Waals surface area contributed by atoms with Gasteiger partial charge in [0, 0.05) is 7.05 Å². The van der Waals surface area contributed by atoms with Crippen molar-refractivity contribution >= 4 is 11.8 Å². The number of rotatable bonds is 3. The minimum Gasteiger partial charge on any atom is -0.469 e. The number of Topliss-reactive ketones (excluding diaryl/α,β-unsaturated/α-hetero) is 1. The van der Waals surface area contributed by atoms with Gasteiger partial charge in [-0.25, -0.2) is 0 Å². The number of carbonyl (C=O) groups excluding carboxylic acids is 2. The lowest BCUT2D eigenvalue weighted by atomic mass is 10.2. The number of hydrogen-bond acceptors (Lipinski definition) is 4. The third-order valence-corrected chi connectivity index (χ3v) is 1.99. The van der Waals surface area contributed by atoms with Gasteiger partial charge in [0.15, 0.2) is 11.5 Å². The van der Waals surface area contributed by atoms with Gasteiger partial charge in [-0.3, -0.25) is 14.3 Å². The third kappa shape index (κ3) is 3.05. The highest BCUT2D eigenvalue weighted by Gasteiger charge is 2.35. The van der Waals surface area contributed by atoms with Crippen LogP contribution in [0.5, 0.6) is 0 Å². The van der Waals surface area contributed by atoms with Crippen LogP contribution in [0, 0.1) is 0 Å². The van der Waals surface area contributed by atoms with Crippen molar-refractivity contribution in [3.05, 3.63) is 17.5 Å². The van der Waals surface area contributed by atoms with Gasteiger partial charge < -0.3 is 4.74 Å². The van der Waals surface area contributed by atoms with Crippen LogP contribution < -0.4 is 0 Å². The summed E-state index contributed by atoms with van der Waals surface area (Å²) in [6.45, 7) is 0. The zero-order valence-electron chi connectivity index (χ0n) is 9.04. The molecule has 0 spiro atoms. The van der Waals surface area contributed by atoms with E-state index in [1.165, 1.54) is 7.05 Å². The van der Waals surface area contributed by atoms with Crippen LogP contribution >= 0.6 is 0 Å². The number of halogens is 3. The van der Waals surface area contributed by atoms with E-state index in [1.54, 1.807) is 0 Å². The molecule has 0 N–H and O–H groups in total. The van der Waals surface area contributed by atoms with Crippen LogP contribution in [0.4, 0.5) is 13.2 Å². The largest absolute Gasteiger partial charge is 0.469 e. The molecule has 0 amide bonds. The lowest BCUT2D eigenvalue weighted by molar-refractivity contribution is -0.141.